The summed E-state index contributed by atoms with van der Waals surface area (Å²) in [5.41, 5.74) is -0.0924. The quantitative estimate of drug-likeness (QED) is 0.499. The van der Waals surface area contributed by atoms with Crippen LogP contribution in [-0.4, -0.2) is 5.78 Å². The molecule has 0 aliphatic heterocycles. The zero-order chi connectivity index (χ0) is 16.9. The van der Waals surface area contributed by atoms with Crippen LogP contribution >= 0.6 is 0 Å². The number of Topliss-reactive ketones (excluding diaryl/α,β-unsaturated/α-hetero) is 1. The van der Waals surface area contributed by atoms with Gasteiger partial charge in [0.15, 0.2) is 0 Å². The van der Waals surface area contributed by atoms with E-state index in [9.17, 15) is 4.79 Å². The number of hydrogen-bond acceptors (Lipinski definition) is 1. The van der Waals surface area contributed by atoms with Crippen molar-refractivity contribution >= 4 is 5.78 Å². The molecule has 22 heavy (non-hydrogen) atoms. The summed E-state index contributed by atoms with van der Waals surface area (Å²) in [6.45, 7) is 15.9. The van der Waals surface area contributed by atoms with Gasteiger partial charge in [0.2, 0.25) is 0 Å². The number of hydrogen-bond donors (Lipinski definition) is 0. The van der Waals surface area contributed by atoms with E-state index in [4.69, 9.17) is 0 Å². The zero-order valence-corrected chi connectivity index (χ0v) is 16.2. The molecular weight excluding hydrogens is 268 g/mol. The Bertz CT molecular complexity index is 340. The van der Waals surface area contributed by atoms with E-state index >= 15 is 0 Å². The molecule has 4 atom stereocenters. The fourth-order valence-electron chi connectivity index (χ4n) is 4.42. The molecule has 0 heterocycles. The van der Waals surface area contributed by atoms with Crippen molar-refractivity contribution in [3.8, 4) is 0 Å². The monoisotopic (exact) mass is 308 g/mol. The lowest BCUT2D eigenvalue weighted by Crippen LogP contribution is -2.35. The number of rotatable bonds is 8. The summed E-state index contributed by atoms with van der Waals surface area (Å²) in [5.74, 6) is 4.27. The minimum absolute atomic E-state index is 0.0924. The van der Waals surface area contributed by atoms with Gasteiger partial charge in [0, 0.05) is 11.8 Å². The summed E-state index contributed by atoms with van der Waals surface area (Å²) < 4.78 is 0. The van der Waals surface area contributed by atoms with E-state index in [1.807, 2.05) is 0 Å². The van der Waals surface area contributed by atoms with Crippen molar-refractivity contribution in [1.82, 2.24) is 0 Å². The van der Waals surface area contributed by atoms with Crippen LogP contribution in [0.25, 0.3) is 0 Å². The third kappa shape index (κ3) is 4.59. The average Bonchev–Trinajstić information content (AvgIpc) is 2.52. The van der Waals surface area contributed by atoms with E-state index in [-0.39, 0.29) is 5.41 Å². The van der Waals surface area contributed by atoms with Crippen molar-refractivity contribution in [3.05, 3.63) is 0 Å². The van der Waals surface area contributed by atoms with Gasteiger partial charge in [-0.25, -0.2) is 0 Å². The molecule has 130 valence electrons. The molecule has 1 nitrogen and oxygen atoms in total. The van der Waals surface area contributed by atoms with Gasteiger partial charge in [-0.15, -0.1) is 0 Å². The summed E-state index contributed by atoms with van der Waals surface area (Å²) in [5, 5.41) is 0. The molecule has 0 amide bonds. The zero-order valence-electron chi connectivity index (χ0n) is 16.2. The Hall–Kier alpha value is -0.330. The van der Waals surface area contributed by atoms with E-state index in [1.54, 1.807) is 0 Å². The van der Waals surface area contributed by atoms with E-state index in [0.29, 0.717) is 17.6 Å². The molecule has 0 aromatic carbocycles. The fourth-order valence-corrected chi connectivity index (χ4v) is 4.42. The molecule has 0 aromatic rings. The first kappa shape index (κ1) is 19.7. The fraction of sp³-hybridized carbons (Fsp3) is 0.952. The molecule has 0 spiro atoms. The highest BCUT2D eigenvalue weighted by Gasteiger charge is 2.38. The van der Waals surface area contributed by atoms with Gasteiger partial charge < -0.3 is 0 Å². The van der Waals surface area contributed by atoms with E-state index in [2.05, 4.69) is 48.5 Å². The molecule has 1 rings (SSSR count). The summed E-state index contributed by atoms with van der Waals surface area (Å²) in [6.07, 6.45) is 8.06. The standard InChI is InChI=1S/C21H40O/c1-8-16(6)17-11-12-19(15(4)5)18(13-17)14-20(22)21(7,9-2)10-3/h15-19H,8-14H2,1-7H3. The maximum atomic E-state index is 12.9. The SMILES string of the molecule is CCC(C)C1CCC(C(C)C)C(CC(=O)C(C)(CC)CC)C1. The molecule has 0 N–H and O–H groups in total. The molecule has 1 saturated carbocycles. The van der Waals surface area contributed by atoms with Crippen LogP contribution in [0.1, 0.15) is 93.4 Å². The van der Waals surface area contributed by atoms with Crippen LogP contribution in [0.15, 0.2) is 0 Å². The van der Waals surface area contributed by atoms with Gasteiger partial charge in [-0.2, -0.15) is 0 Å². The molecule has 1 fully saturated rings. The van der Waals surface area contributed by atoms with Gasteiger partial charge in [-0.1, -0.05) is 54.9 Å². The molecule has 4 unspecified atom stereocenters. The topological polar surface area (TPSA) is 17.1 Å². The number of ketones is 1. The molecule has 1 aliphatic rings. The van der Waals surface area contributed by atoms with Gasteiger partial charge in [-0.3, -0.25) is 4.79 Å². The van der Waals surface area contributed by atoms with Crippen LogP contribution in [0.4, 0.5) is 0 Å². The summed E-state index contributed by atoms with van der Waals surface area (Å²) in [6, 6.07) is 0. The summed E-state index contributed by atoms with van der Waals surface area (Å²) in [7, 11) is 0. The highest BCUT2D eigenvalue weighted by Crippen LogP contribution is 2.44. The second-order valence-corrected chi connectivity index (χ2v) is 8.52. The Morgan fingerprint density at radius 2 is 1.68 bits per heavy atom. The Labute approximate surface area is 139 Å². The highest BCUT2D eigenvalue weighted by atomic mass is 16.1. The number of carbonyl (C=O) groups excluding carboxylic acids is 1. The van der Waals surface area contributed by atoms with Crippen molar-refractivity contribution in [2.75, 3.05) is 0 Å². The Morgan fingerprint density at radius 3 is 2.14 bits per heavy atom. The second-order valence-electron chi connectivity index (χ2n) is 8.52. The first-order valence-corrected chi connectivity index (χ1v) is 9.82. The number of carbonyl (C=O) groups is 1. The maximum absolute atomic E-state index is 12.9. The van der Waals surface area contributed by atoms with E-state index in [1.165, 1.54) is 25.7 Å². The molecular formula is C21H40O. The lowest BCUT2D eigenvalue weighted by molar-refractivity contribution is -0.130. The van der Waals surface area contributed by atoms with E-state index < -0.39 is 0 Å². The van der Waals surface area contributed by atoms with Crippen molar-refractivity contribution in [3.63, 3.8) is 0 Å². The van der Waals surface area contributed by atoms with Crippen molar-refractivity contribution in [2.24, 2.45) is 35.0 Å². The first-order chi connectivity index (χ1) is 10.3. The van der Waals surface area contributed by atoms with E-state index in [0.717, 1.165) is 37.0 Å². The van der Waals surface area contributed by atoms with Gasteiger partial charge in [0.05, 0.1) is 0 Å². The molecule has 0 radical (unpaired) electrons. The van der Waals surface area contributed by atoms with Crippen molar-refractivity contribution < 1.29 is 4.79 Å². The normalized spacial score (nSPS) is 27.9. The second kappa shape index (κ2) is 8.50. The Morgan fingerprint density at radius 1 is 1.09 bits per heavy atom. The molecule has 1 aliphatic carbocycles. The summed E-state index contributed by atoms with van der Waals surface area (Å²) >= 11 is 0. The third-order valence-corrected chi connectivity index (χ3v) is 7.07. The highest BCUT2D eigenvalue weighted by molar-refractivity contribution is 5.84. The minimum atomic E-state index is -0.0924. The van der Waals surface area contributed by atoms with Crippen LogP contribution in [0.2, 0.25) is 0 Å². The van der Waals surface area contributed by atoms with Crippen LogP contribution in [0.5, 0.6) is 0 Å². The minimum Gasteiger partial charge on any atom is -0.299 e. The van der Waals surface area contributed by atoms with Gasteiger partial charge in [0.25, 0.3) is 0 Å². The predicted octanol–water partition coefficient (Wildman–Crippen LogP) is 6.51. The predicted molar refractivity (Wildman–Crippen MR) is 96.9 cm³/mol. The summed E-state index contributed by atoms with van der Waals surface area (Å²) in [4.78, 5) is 12.9. The van der Waals surface area contributed by atoms with Crippen molar-refractivity contribution in [2.45, 2.75) is 93.4 Å². The smallest absolute Gasteiger partial charge is 0.139 e. The van der Waals surface area contributed by atoms with Gasteiger partial charge in [-0.05, 0) is 61.7 Å². The average molecular weight is 309 g/mol. The van der Waals surface area contributed by atoms with Crippen LogP contribution in [0, 0.1) is 35.0 Å². The Balaban J connectivity index is 2.82. The van der Waals surface area contributed by atoms with Crippen LogP contribution in [0.3, 0.4) is 0 Å². The van der Waals surface area contributed by atoms with Gasteiger partial charge in [0.1, 0.15) is 5.78 Å². The molecule has 0 aromatic heterocycles. The van der Waals surface area contributed by atoms with Gasteiger partial charge >= 0.3 is 0 Å². The maximum Gasteiger partial charge on any atom is 0.139 e. The Kier molecular flexibility index (Phi) is 7.62. The first-order valence-electron chi connectivity index (χ1n) is 9.82. The molecule has 0 bridgehead atoms. The van der Waals surface area contributed by atoms with Crippen LogP contribution in [-0.2, 0) is 4.79 Å². The third-order valence-electron chi connectivity index (χ3n) is 7.07. The van der Waals surface area contributed by atoms with Crippen molar-refractivity contribution in [1.29, 1.82) is 0 Å². The lowest BCUT2D eigenvalue weighted by Gasteiger charge is -2.41. The largest absolute Gasteiger partial charge is 0.299 e. The molecule has 0 saturated heterocycles. The van der Waals surface area contributed by atoms with Crippen LogP contribution < -0.4 is 0 Å². The molecule has 1 heteroatoms. The lowest BCUT2D eigenvalue weighted by atomic mass is 9.63.